The highest BCUT2D eigenvalue weighted by Gasteiger charge is 2.27. The number of amides is 1. The largest absolute Gasteiger partial charge is 0.473 e. The molecule has 0 unspecified atom stereocenters. The lowest BCUT2D eigenvalue weighted by Gasteiger charge is -2.29. The Bertz CT molecular complexity index is 816. The Morgan fingerprint density at radius 3 is 2.31 bits per heavy atom. The van der Waals surface area contributed by atoms with Gasteiger partial charge < -0.3 is 25.2 Å². The second-order valence-electron chi connectivity index (χ2n) is 8.07. The van der Waals surface area contributed by atoms with Gasteiger partial charge in [-0.1, -0.05) is 6.92 Å². The lowest BCUT2D eigenvalue weighted by Crippen LogP contribution is -2.35. The third kappa shape index (κ3) is 7.59. The van der Waals surface area contributed by atoms with Crippen molar-refractivity contribution in [2.45, 2.75) is 58.8 Å². The highest BCUT2D eigenvalue weighted by molar-refractivity contribution is 7.17. The number of fused-ring (bicyclic) bond motifs is 1. The van der Waals surface area contributed by atoms with Crippen LogP contribution in [0.3, 0.4) is 0 Å². The van der Waals surface area contributed by atoms with E-state index in [-0.39, 0.29) is 11.9 Å². The Morgan fingerprint density at radius 1 is 1.09 bits per heavy atom. The highest BCUT2D eigenvalue weighted by Crippen LogP contribution is 2.38. The van der Waals surface area contributed by atoms with Crippen LogP contribution in [0.15, 0.2) is 0 Å². The van der Waals surface area contributed by atoms with E-state index < -0.39 is 11.9 Å². The molecule has 0 bridgehead atoms. The Labute approximate surface area is 191 Å². The molecule has 0 spiro atoms. The van der Waals surface area contributed by atoms with Crippen molar-refractivity contribution < 1.29 is 34.1 Å². The molecule has 0 saturated carbocycles. The lowest BCUT2D eigenvalue weighted by atomic mass is 9.95. The molecular weight excluding hydrogens is 436 g/mol. The van der Waals surface area contributed by atoms with Gasteiger partial charge in [0.05, 0.1) is 12.2 Å². The van der Waals surface area contributed by atoms with Crippen molar-refractivity contribution in [1.82, 2.24) is 4.90 Å². The molecule has 1 aromatic heterocycles. The molecule has 32 heavy (non-hydrogen) atoms. The number of esters is 1. The average molecular weight is 469 g/mol. The minimum atomic E-state index is -1.82. The molecule has 178 valence electrons. The maximum absolute atomic E-state index is 12.5. The molecule has 1 saturated heterocycles. The van der Waals surface area contributed by atoms with Crippen molar-refractivity contribution in [1.29, 1.82) is 0 Å². The van der Waals surface area contributed by atoms with Crippen LogP contribution in [0.1, 0.15) is 66.8 Å². The summed E-state index contributed by atoms with van der Waals surface area (Å²) in [5.41, 5.74) is 1.70. The van der Waals surface area contributed by atoms with Gasteiger partial charge in [-0.3, -0.25) is 4.79 Å². The van der Waals surface area contributed by atoms with E-state index in [1.54, 1.807) is 11.3 Å². The van der Waals surface area contributed by atoms with E-state index in [1.807, 2.05) is 6.92 Å². The molecule has 1 aromatic rings. The Balaban J connectivity index is 0.000000534. The molecule has 3 N–H and O–H groups in total. The number of carboxylic acids is 2. The fourth-order valence-corrected chi connectivity index (χ4v) is 5.10. The second-order valence-corrected chi connectivity index (χ2v) is 9.17. The van der Waals surface area contributed by atoms with Crippen molar-refractivity contribution in [3.8, 4) is 0 Å². The van der Waals surface area contributed by atoms with Gasteiger partial charge in [-0.15, -0.1) is 11.3 Å². The minimum absolute atomic E-state index is 0.00670. The number of piperidine rings is 1. The quantitative estimate of drug-likeness (QED) is 0.429. The number of aliphatic carboxylic acids is 2. The molecule has 1 amide bonds. The van der Waals surface area contributed by atoms with Gasteiger partial charge in [-0.05, 0) is 70.0 Å². The summed E-state index contributed by atoms with van der Waals surface area (Å²) >= 11 is 1.56. The zero-order valence-corrected chi connectivity index (χ0v) is 19.5. The Kier molecular flexibility index (Phi) is 10.1. The van der Waals surface area contributed by atoms with Crippen LogP contribution in [0.4, 0.5) is 5.00 Å². The van der Waals surface area contributed by atoms with Gasteiger partial charge in [0.15, 0.2) is 0 Å². The minimum Gasteiger partial charge on any atom is -0.473 e. The fourth-order valence-electron chi connectivity index (χ4n) is 3.81. The van der Waals surface area contributed by atoms with E-state index in [0.29, 0.717) is 23.6 Å². The number of carboxylic acid groups (broad SMARTS) is 2. The van der Waals surface area contributed by atoms with E-state index in [9.17, 15) is 9.59 Å². The first-order valence-electron chi connectivity index (χ1n) is 11.0. The van der Waals surface area contributed by atoms with Gasteiger partial charge in [0.25, 0.3) is 0 Å². The summed E-state index contributed by atoms with van der Waals surface area (Å²) in [6.07, 6.45) is 7.04. The van der Waals surface area contributed by atoms with Crippen LogP contribution in [0.25, 0.3) is 0 Å². The number of likely N-dealkylation sites (tertiary alicyclic amines) is 1. The SMILES string of the molecule is CCOC(=O)c1c(NC(=O)CCN2CCC(C)CC2)sc2c1CCCC2.O=C(O)C(=O)O. The van der Waals surface area contributed by atoms with Gasteiger partial charge in [-0.25, -0.2) is 14.4 Å². The van der Waals surface area contributed by atoms with Crippen molar-refractivity contribution >= 4 is 40.2 Å². The molecule has 1 aliphatic carbocycles. The number of anilines is 1. The first-order valence-corrected chi connectivity index (χ1v) is 11.8. The third-order valence-corrected chi connectivity index (χ3v) is 6.83. The van der Waals surface area contributed by atoms with Gasteiger partial charge in [-0.2, -0.15) is 0 Å². The van der Waals surface area contributed by atoms with Crippen LogP contribution >= 0.6 is 11.3 Å². The molecule has 3 rings (SSSR count). The molecule has 0 radical (unpaired) electrons. The van der Waals surface area contributed by atoms with Crippen LogP contribution < -0.4 is 5.32 Å². The number of carbonyl (C=O) groups excluding carboxylic acids is 2. The number of nitrogens with zero attached hydrogens (tertiary/aromatic N) is 1. The topological polar surface area (TPSA) is 133 Å². The molecule has 9 nitrogen and oxygen atoms in total. The average Bonchev–Trinajstić information content (AvgIpc) is 3.11. The predicted molar refractivity (Wildman–Crippen MR) is 120 cm³/mol. The van der Waals surface area contributed by atoms with Gasteiger partial charge in [0.1, 0.15) is 5.00 Å². The number of nitrogens with one attached hydrogen (secondary N) is 1. The Morgan fingerprint density at radius 2 is 1.72 bits per heavy atom. The molecule has 2 heterocycles. The monoisotopic (exact) mass is 468 g/mol. The lowest BCUT2D eigenvalue weighted by molar-refractivity contribution is -0.159. The standard InChI is InChI=1S/C20H30N2O3S.C2H2O4/c1-3-25-20(24)18-15-6-4-5-7-16(15)26-19(18)21-17(23)10-13-22-11-8-14(2)9-12-22;3-1(4)2(5)6/h14H,3-13H2,1-2H3,(H,21,23);(H,3,4)(H,5,6). The van der Waals surface area contributed by atoms with Crippen molar-refractivity contribution in [2.24, 2.45) is 5.92 Å². The summed E-state index contributed by atoms with van der Waals surface area (Å²) in [4.78, 5) is 46.7. The summed E-state index contributed by atoms with van der Waals surface area (Å²) < 4.78 is 5.25. The smallest absolute Gasteiger partial charge is 0.414 e. The van der Waals surface area contributed by atoms with Crippen LogP contribution in [0.5, 0.6) is 0 Å². The third-order valence-electron chi connectivity index (χ3n) is 5.62. The molecule has 1 aliphatic heterocycles. The first-order chi connectivity index (χ1) is 15.2. The first kappa shape index (κ1) is 25.8. The highest BCUT2D eigenvalue weighted by atomic mass is 32.1. The number of thiophene rings is 1. The van der Waals surface area contributed by atoms with E-state index in [0.717, 1.165) is 56.8 Å². The zero-order valence-electron chi connectivity index (χ0n) is 18.6. The van der Waals surface area contributed by atoms with E-state index in [1.165, 1.54) is 17.7 Å². The van der Waals surface area contributed by atoms with Crippen LogP contribution in [-0.4, -0.2) is 65.2 Å². The van der Waals surface area contributed by atoms with E-state index >= 15 is 0 Å². The van der Waals surface area contributed by atoms with Crippen molar-refractivity contribution in [3.05, 3.63) is 16.0 Å². The number of hydrogen-bond acceptors (Lipinski definition) is 7. The van der Waals surface area contributed by atoms with Gasteiger partial charge >= 0.3 is 17.9 Å². The number of ether oxygens (including phenoxy) is 1. The molecule has 0 aromatic carbocycles. The number of rotatable bonds is 6. The van der Waals surface area contributed by atoms with Crippen LogP contribution in [0, 0.1) is 5.92 Å². The van der Waals surface area contributed by atoms with E-state index in [2.05, 4.69) is 17.1 Å². The summed E-state index contributed by atoms with van der Waals surface area (Å²) in [6.45, 7) is 7.40. The summed E-state index contributed by atoms with van der Waals surface area (Å²) in [5.74, 6) is -3.16. The number of hydrogen-bond donors (Lipinski definition) is 3. The van der Waals surface area contributed by atoms with Crippen LogP contribution in [-0.2, 0) is 32.0 Å². The van der Waals surface area contributed by atoms with Crippen LogP contribution in [0.2, 0.25) is 0 Å². The number of aryl methyl sites for hydroxylation is 1. The molecule has 0 atom stereocenters. The molecule has 1 fully saturated rings. The molecule has 2 aliphatic rings. The summed E-state index contributed by atoms with van der Waals surface area (Å²) in [7, 11) is 0. The molecule has 10 heteroatoms. The summed E-state index contributed by atoms with van der Waals surface area (Å²) in [5, 5.41) is 18.5. The van der Waals surface area contributed by atoms with Gasteiger partial charge in [0.2, 0.25) is 5.91 Å². The van der Waals surface area contributed by atoms with E-state index in [4.69, 9.17) is 24.5 Å². The predicted octanol–water partition coefficient (Wildman–Crippen LogP) is 3.02. The summed E-state index contributed by atoms with van der Waals surface area (Å²) in [6, 6.07) is 0. The molecular formula is C22H32N2O7S. The fraction of sp³-hybridized carbons (Fsp3) is 0.636. The maximum Gasteiger partial charge on any atom is 0.414 e. The van der Waals surface area contributed by atoms with Crippen molar-refractivity contribution in [2.75, 3.05) is 31.6 Å². The number of carbonyl (C=O) groups is 4. The second kappa shape index (κ2) is 12.5. The normalized spacial score (nSPS) is 16.3. The zero-order chi connectivity index (χ0) is 23.7. The van der Waals surface area contributed by atoms with Crippen molar-refractivity contribution in [3.63, 3.8) is 0 Å². The maximum atomic E-state index is 12.5. The van der Waals surface area contributed by atoms with Gasteiger partial charge in [0, 0.05) is 17.8 Å². The Hall–Kier alpha value is -2.46.